The Morgan fingerprint density at radius 1 is 1.38 bits per heavy atom. The summed E-state index contributed by atoms with van der Waals surface area (Å²) < 4.78 is 27.5. The van der Waals surface area contributed by atoms with Gasteiger partial charge in [-0.25, -0.2) is 13.2 Å². The minimum absolute atomic E-state index is 0.0375. The number of rotatable bonds is 3. The van der Waals surface area contributed by atoms with E-state index >= 15 is 0 Å². The molecular formula is C14H18BrNO4S. The molecule has 2 rings (SSSR count). The van der Waals surface area contributed by atoms with E-state index < -0.39 is 16.0 Å². The van der Waals surface area contributed by atoms with Gasteiger partial charge in [0.25, 0.3) is 0 Å². The molecule has 7 heteroatoms. The molecule has 5 nitrogen and oxygen atoms in total. The van der Waals surface area contributed by atoms with Gasteiger partial charge in [0.05, 0.1) is 10.5 Å². The molecule has 1 fully saturated rings. The van der Waals surface area contributed by atoms with E-state index in [2.05, 4.69) is 15.9 Å². The predicted molar refractivity (Wildman–Crippen MR) is 83.0 cm³/mol. The molecule has 1 aromatic rings. The third kappa shape index (κ3) is 3.14. The molecule has 0 atom stereocenters. The van der Waals surface area contributed by atoms with Crippen molar-refractivity contribution in [1.82, 2.24) is 4.31 Å². The summed E-state index contributed by atoms with van der Waals surface area (Å²) in [4.78, 5) is 11.2. The zero-order valence-corrected chi connectivity index (χ0v) is 14.6. The standard InChI is InChI=1S/C14H18BrNO4S/c1-9-11(15)6-10(13(17)18)7-12(9)21(19,20)16-5-4-14(2,3)8-16/h6-7H,4-5,8H2,1-3H3,(H,17,18). The molecule has 1 saturated heterocycles. The Kier molecular flexibility index (Phi) is 4.21. The lowest BCUT2D eigenvalue weighted by Gasteiger charge is -2.21. The molecule has 0 unspecified atom stereocenters. The molecule has 21 heavy (non-hydrogen) atoms. The summed E-state index contributed by atoms with van der Waals surface area (Å²) >= 11 is 3.24. The highest BCUT2D eigenvalue weighted by molar-refractivity contribution is 9.10. The number of carboxylic acids is 1. The number of sulfonamides is 1. The fraction of sp³-hybridized carbons (Fsp3) is 0.500. The Bertz CT molecular complexity index is 697. The Morgan fingerprint density at radius 3 is 2.48 bits per heavy atom. The quantitative estimate of drug-likeness (QED) is 0.880. The summed E-state index contributed by atoms with van der Waals surface area (Å²) in [6, 6.07) is 2.66. The van der Waals surface area contributed by atoms with E-state index in [0.717, 1.165) is 6.42 Å². The highest BCUT2D eigenvalue weighted by Crippen LogP contribution is 2.35. The maximum Gasteiger partial charge on any atom is 0.335 e. The summed E-state index contributed by atoms with van der Waals surface area (Å²) in [6.07, 6.45) is 0.797. The highest BCUT2D eigenvalue weighted by atomic mass is 79.9. The topological polar surface area (TPSA) is 74.7 Å². The fourth-order valence-corrected chi connectivity index (χ4v) is 4.95. The van der Waals surface area contributed by atoms with Gasteiger partial charge in [-0.1, -0.05) is 29.8 Å². The average molecular weight is 376 g/mol. The van der Waals surface area contributed by atoms with Gasteiger partial charge < -0.3 is 5.11 Å². The third-order valence-electron chi connectivity index (χ3n) is 3.80. The van der Waals surface area contributed by atoms with E-state index in [1.54, 1.807) is 6.92 Å². The van der Waals surface area contributed by atoms with Crippen LogP contribution in [-0.2, 0) is 10.0 Å². The van der Waals surface area contributed by atoms with Crippen LogP contribution in [0.15, 0.2) is 21.5 Å². The molecule has 0 aromatic heterocycles. The smallest absolute Gasteiger partial charge is 0.335 e. The maximum atomic E-state index is 12.8. The van der Waals surface area contributed by atoms with Gasteiger partial charge in [-0.2, -0.15) is 4.31 Å². The van der Waals surface area contributed by atoms with Crippen molar-refractivity contribution in [3.8, 4) is 0 Å². The predicted octanol–water partition coefficient (Wildman–Crippen LogP) is 2.88. The van der Waals surface area contributed by atoms with E-state index in [1.165, 1.54) is 16.4 Å². The summed E-state index contributed by atoms with van der Waals surface area (Å²) in [5, 5.41) is 9.11. The van der Waals surface area contributed by atoms with Crippen molar-refractivity contribution in [2.75, 3.05) is 13.1 Å². The molecule has 0 aliphatic carbocycles. The third-order valence-corrected chi connectivity index (χ3v) is 6.60. The van der Waals surface area contributed by atoms with Gasteiger partial charge in [-0.3, -0.25) is 0 Å². The van der Waals surface area contributed by atoms with Crippen LogP contribution >= 0.6 is 15.9 Å². The van der Waals surface area contributed by atoms with Gasteiger partial charge in [-0.15, -0.1) is 0 Å². The van der Waals surface area contributed by atoms with Crippen molar-refractivity contribution in [3.63, 3.8) is 0 Å². The first-order chi connectivity index (χ1) is 9.54. The molecule has 1 aliphatic heterocycles. The Balaban J connectivity index is 2.53. The van der Waals surface area contributed by atoms with Gasteiger partial charge in [0, 0.05) is 17.6 Å². The number of hydrogen-bond donors (Lipinski definition) is 1. The lowest BCUT2D eigenvalue weighted by Crippen LogP contribution is -2.31. The Labute approximate surface area is 133 Å². The van der Waals surface area contributed by atoms with Gasteiger partial charge >= 0.3 is 5.97 Å². The van der Waals surface area contributed by atoms with Crippen LogP contribution in [0.2, 0.25) is 0 Å². The number of carbonyl (C=O) groups is 1. The lowest BCUT2D eigenvalue weighted by molar-refractivity contribution is 0.0696. The van der Waals surface area contributed by atoms with Crippen LogP contribution in [0.5, 0.6) is 0 Å². The number of halogens is 1. The zero-order chi connectivity index (χ0) is 16.0. The van der Waals surface area contributed by atoms with E-state index in [1.807, 2.05) is 13.8 Å². The molecule has 0 amide bonds. The van der Waals surface area contributed by atoms with Crippen molar-refractivity contribution in [2.45, 2.75) is 32.1 Å². The first-order valence-electron chi connectivity index (χ1n) is 6.58. The van der Waals surface area contributed by atoms with Crippen LogP contribution < -0.4 is 0 Å². The second-order valence-electron chi connectivity index (χ2n) is 6.14. The first-order valence-corrected chi connectivity index (χ1v) is 8.81. The minimum Gasteiger partial charge on any atom is -0.478 e. The number of hydrogen-bond acceptors (Lipinski definition) is 3. The van der Waals surface area contributed by atoms with Gasteiger partial charge in [0.1, 0.15) is 0 Å². The number of benzene rings is 1. The highest BCUT2D eigenvalue weighted by Gasteiger charge is 2.37. The lowest BCUT2D eigenvalue weighted by atomic mass is 9.93. The fourth-order valence-electron chi connectivity index (χ4n) is 2.45. The van der Waals surface area contributed by atoms with Crippen LogP contribution in [0.3, 0.4) is 0 Å². The van der Waals surface area contributed by atoms with Gasteiger partial charge in [0.15, 0.2) is 0 Å². The van der Waals surface area contributed by atoms with Crippen molar-refractivity contribution in [1.29, 1.82) is 0 Å². The molecular weight excluding hydrogens is 358 g/mol. The van der Waals surface area contributed by atoms with Gasteiger partial charge in [0.2, 0.25) is 10.0 Å². The van der Waals surface area contributed by atoms with Gasteiger partial charge in [-0.05, 0) is 36.5 Å². The zero-order valence-electron chi connectivity index (χ0n) is 12.2. The summed E-state index contributed by atoms with van der Waals surface area (Å²) in [5.74, 6) is -1.14. The molecule has 1 aliphatic rings. The average Bonchev–Trinajstić information content (AvgIpc) is 2.73. The molecule has 0 bridgehead atoms. The SMILES string of the molecule is Cc1c(Br)cc(C(=O)O)cc1S(=O)(=O)N1CCC(C)(C)C1. The van der Waals surface area contributed by atoms with E-state index in [4.69, 9.17) is 5.11 Å². The Hall–Kier alpha value is -0.920. The van der Waals surface area contributed by atoms with Crippen LogP contribution in [0.1, 0.15) is 36.2 Å². The summed E-state index contributed by atoms with van der Waals surface area (Å²) in [5.41, 5.74) is 0.442. The maximum absolute atomic E-state index is 12.8. The van der Waals surface area contributed by atoms with Crippen LogP contribution in [-0.4, -0.2) is 36.9 Å². The molecule has 116 valence electrons. The minimum atomic E-state index is -3.68. The van der Waals surface area contributed by atoms with Crippen LogP contribution in [0.25, 0.3) is 0 Å². The summed E-state index contributed by atoms with van der Waals surface area (Å²) in [6.45, 7) is 6.63. The molecule has 0 radical (unpaired) electrons. The second-order valence-corrected chi connectivity index (χ2v) is 8.90. The molecule has 0 spiro atoms. The largest absolute Gasteiger partial charge is 0.478 e. The molecule has 0 saturated carbocycles. The normalized spacial score (nSPS) is 18.9. The van der Waals surface area contributed by atoms with Crippen molar-refractivity contribution in [2.24, 2.45) is 5.41 Å². The number of aromatic carboxylic acids is 1. The van der Waals surface area contributed by atoms with E-state index in [-0.39, 0.29) is 15.9 Å². The monoisotopic (exact) mass is 375 g/mol. The summed E-state index contributed by atoms with van der Waals surface area (Å²) in [7, 11) is -3.68. The molecule has 1 aromatic carbocycles. The van der Waals surface area contributed by atoms with Crippen molar-refractivity contribution < 1.29 is 18.3 Å². The second kappa shape index (κ2) is 5.37. The van der Waals surface area contributed by atoms with Crippen molar-refractivity contribution in [3.05, 3.63) is 27.7 Å². The Morgan fingerprint density at radius 2 is 2.00 bits per heavy atom. The van der Waals surface area contributed by atoms with E-state index in [9.17, 15) is 13.2 Å². The number of nitrogens with zero attached hydrogens (tertiary/aromatic N) is 1. The molecule has 1 heterocycles. The van der Waals surface area contributed by atoms with Crippen LogP contribution in [0, 0.1) is 12.3 Å². The van der Waals surface area contributed by atoms with E-state index in [0.29, 0.717) is 23.1 Å². The number of carboxylic acid groups (broad SMARTS) is 1. The van der Waals surface area contributed by atoms with Crippen LogP contribution in [0.4, 0.5) is 0 Å². The van der Waals surface area contributed by atoms with Crippen molar-refractivity contribution >= 4 is 31.9 Å². The first kappa shape index (κ1) is 16.5. The molecule has 1 N–H and O–H groups in total.